The number of hydrogen-bond acceptors (Lipinski definition) is 3. The summed E-state index contributed by atoms with van der Waals surface area (Å²) in [6, 6.07) is 0. The largest absolute Gasteiger partial charge is 0.378 e. The van der Waals surface area contributed by atoms with Crippen LogP contribution in [0.3, 0.4) is 0 Å². The molecular weight excluding hydrogens is 248 g/mol. The molecule has 0 radical (unpaired) electrons. The van der Waals surface area contributed by atoms with Gasteiger partial charge in [0, 0.05) is 16.1 Å². The van der Waals surface area contributed by atoms with Crippen LogP contribution in [0.4, 0.5) is 0 Å². The van der Waals surface area contributed by atoms with Gasteiger partial charge in [-0.15, -0.1) is 0 Å². The maximum absolute atomic E-state index is 11.3. The van der Waals surface area contributed by atoms with Gasteiger partial charge in [-0.3, -0.25) is 0 Å². The van der Waals surface area contributed by atoms with Crippen LogP contribution in [0.5, 0.6) is 0 Å². The first kappa shape index (κ1) is 12.7. The Morgan fingerprint density at radius 3 is 2.31 bits per heavy atom. The highest BCUT2D eigenvalue weighted by atomic mass is 35.7. The Balaban J connectivity index is 1.97. The zero-order chi connectivity index (χ0) is 11.6. The van der Waals surface area contributed by atoms with Gasteiger partial charge >= 0.3 is 0 Å². The first-order valence-corrected chi connectivity index (χ1v) is 8.51. The summed E-state index contributed by atoms with van der Waals surface area (Å²) in [6.45, 7) is 0.573. The SMILES string of the molecule is O=S(=O)(Cl)CC1(COC2CC2)CCCCC1. The molecule has 2 aliphatic rings. The van der Waals surface area contributed by atoms with Gasteiger partial charge in [0.05, 0.1) is 18.5 Å². The van der Waals surface area contributed by atoms with Gasteiger partial charge in [-0.1, -0.05) is 19.3 Å². The summed E-state index contributed by atoms with van der Waals surface area (Å²) in [7, 11) is 1.99. The second-order valence-corrected chi connectivity index (χ2v) is 8.03. The minimum absolute atomic E-state index is 0.0777. The van der Waals surface area contributed by atoms with E-state index in [1.807, 2.05) is 0 Å². The zero-order valence-electron chi connectivity index (χ0n) is 9.45. The average molecular weight is 267 g/mol. The first-order chi connectivity index (χ1) is 7.49. The van der Waals surface area contributed by atoms with Crippen molar-refractivity contribution in [2.75, 3.05) is 12.4 Å². The molecule has 0 spiro atoms. The molecule has 0 bridgehead atoms. The van der Waals surface area contributed by atoms with Crippen molar-refractivity contribution < 1.29 is 13.2 Å². The van der Waals surface area contributed by atoms with Crippen LogP contribution >= 0.6 is 10.7 Å². The molecule has 0 aromatic rings. The van der Waals surface area contributed by atoms with Crippen LogP contribution in [-0.4, -0.2) is 26.9 Å². The van der Waals surface area contributed by atoms with E-state index in [2.05, 4.69) is 0 Å². The van der Waals surface area contributed by atoms with Crippen molar-refractivity contribution in [3.63, 3.8) is 0 Å². The molecule has 94 valence electrons. The Morgan fingerprint density at radius 2 is 1.81 bits per heavy atom. The molecule has 0 atom stereocenters. The Hall–Kier alpha value is 0.200. The summed E-state index contributed by atoms with van der Waals surface area (Å²) >= 11 is 0. The quantitative estimate of drug-likeness (QED) is 0.719. The standard InChI is InChI=1S/C11H19ClO3S/c12-16(13,14)9-11(6-2-1-3-7-11)8-15-10-4-5-10/h10H,1-9H2. The molecule has 16 heavy (non-hydrogen) atoms. The second kappa shape index (κ2) is 4.83. The van der Waals surface area contributed by atoms with Crippen molar-refractivity contribution in [1.82, 2.24) is 0 Å². The summed E-state index contributed by atoms with van der Waals surface area (Å²) in [4.78, 5) is 0. The maximum Gasteiger partial charge on any atom is 0.233 e. The van der Waals surface area contributed by atoms with Gasteiger partial charge in [0.1, 0.15) is 0 Å². The molecule has 0 aromatic heterocycles. The minimum Gasteiger partial charge on any atom is -0.378 e. The smallest absolute Gasteiger partial charge is 0.233 e. The van der Waals surface area contributed by atoms with Crippen molar-refractivity contribution in [1.29, 1.82) is 0 Å². The predicted octanol–water partition coefficient (Wildman–Crippen LogP) is 2.68. The van der Waals surface area contributed by atoms with Crippen LogP contribution in [0.1, 0.15) is 44.9 Å². The second-order valence-electron chi connectivity index (χ2n) is 5.25. The molecule has 5 heteroatoms. The number of ether oxygens (including phenoxy) is 1. The third kappa shape index (κ3) is 3.90. The van der Waals surface area contributed by atoms with Crippen molar-refractivity contribution in [3.8, 4) is 0 Å². The van der Waals surface area contributed by atoms with Crippen molar-refractivity contribution in [2.24, 2.45) is 5.41 Å². The van der Waals surface area contributed by atoms with E-state index in [1.165, 1.54) is 6.42 Å². The molecule has 0 unspecified atom stereocenters. The van der Waals surface area contributed by atoms with Crippen LogP contribution in [0.25, 0.3) is 0 Å². The molecule has 0 amide bonds. The van der Waals surface area contributed by atoms with Gasteiger partial charge in [-0.05, 0) is 25.7 Å². The Labute approximate surface area is 102 Å². The fraction of sp³-hybridized carbons (Fsp3) is 1.00. The summed E-state index contributed by atoms with van der Waals surface area (Å²) in [5.41, 5.74) is -0.207. The third-order valence-corrected chi connectivity index (χ3v) is 4.83. The molecule has 0 aromatic carbocycles. The normalized spacial score (nSPS) is 25.6. The molecule has 0 N–H and O–H groups in total. The van der Waals surface area contributed by atoms with Crippen molar-refractivity contribution in [3.05, 3.63) is 0 Å². The van der Waals surface area contributed by atoms with Gasteiger partial charge in [0.2, 0.25) is 9.05 Å². The van der Waals surface area contributed by atoms with Gasteiger partial charge in [-0.25, -0.2) is 8.42 Å². The van der Waals surface area contributed by atoms with Gasteiger partial charge in [0.15, 0.2) is 0 Å². The number of halogens is 1. The van der Waals surface area contributed by atoms with Crippen molar-refractivity contribution in [2.45, 2.75) is 51.0 Å². The van der Waals surface area contributed by atoms with Crippen LogP contribution < -0.4 is 0 Å². The van der Waals surface area contributed by atoms with E-state index < -0.39 is 9.05 Å². The van der Waals surface area contributed by atoms with E-state index in [4.69, 9.17) is 15.4 Å². The minimum atomic E-state index is -3.42. The highest BCUT2D eigenvalue weighted by molar-refractivity contribution is 8.13. The van der Waals surface area contributed by atoms with E-state index in [0.717, 1.165) is 38.5 Å². The van der Waals surface area contributed by atoms with Crippen LogP contribution in [-0.2, 0) is 13.8 Å². The summed E-state index contributed by atoms with van der Waals surface area (Å²) in [6.07, 6.45) is 7.91. The number of hydrogen-bond donors (Lipinski definition) is 0. The fourth-order valence-electron chi connectivity index (χ4n) is 2.53. The zero-order valence-corrected chi connectivity index (χ0v) is 11.0. The lowest BCUT2D eigenvalue weighted by atomic mass is 9.76. The lowest BCUT2D eigenvalue weighted by Gasteiger charge is -2.36. The van der Waals surface area contributed by atoms with E-state index in [0.29, 0.717) is 12.7 Å². The van der Waals surface area contributed by atoms with Crippen LogP contribution in [0, 0.1) is 5.41 Å². The van der Waals surface area contributed by atoms with Crippen LogP contribution in [0.2, 0.25) is 0 Å². The van der Waals surface area contributed by atoms with E-state index in [-0.39, 0.29) is 11.2 Å². The Kier molecular flexibility index (Phi) is 3.82. The highest BCUT2D eigenvalue weighted by Gasteiger charge is 2.38. The van der Waals surface area contributed by atoms with E-state index in [1.54, 1.807) is 0 Å². The summed E-state index contributed by atoms with van der Waals surface area (Å²) in [5, 5.41) is 0. The van der Waals surface area contributed by atoms with E-state index >= 15 is 0 Å². The van der Waals surface area contributed by atoms with Gasteiger partial charge in [0.25, 0.3) is 0 Å². The molecule has 2 fully saturated rings. The topological polar surface area (TPSA) is 43.4 Å². The molecule has 3 nitrogen and oxygen atoms in total. The summed E-state index contributed by atoms with van der Waals surface area (Å²) < 4.78 is 28.3. The lowest BCUT2D eigenvalue weighted by Crippen LogP contribution is -2.36. The molecule has 0 aliphatic heterocycles. The molecule has 2 saturated carbocycles. The first-order valence-electron chi connectivity index (χ1n) is 6.03. The highest BCUT2D eigenvalue weighted by Crippen LogP contribution is 2.40. The van der Waals surface area contributed by atoms with Crippen molar-refractivity contribution >= 4 is 19.7 Å². The monoisotopic (exact) mass is 266 g/mol. The third-order valence-electron chi connectivity index (χ3n) is 3.54. The molecule has 0 saturated heterocycles. The molecule has 0 heterocycles. The Morgan fingerprint density at radius 1 is 1.19 bits per heavy atom. The summed E-state index contributed by atoms with van der Waals surface area (Å²) in [5.74, 6) is 0.0777. The van der Waals surface area contributed by atoms with Crippen LogP contribution in [0.15, 0.2) is 0 Å². The molecular formula is C11H19ClO3S. The fourth-order valence-corrected chi connectivity index (χ4v) is 4.33. The van der Waals surface area contributed by atoms with E-state index in [9.17, 15) is 8.42 Å². The maximum atomic E-state index is 11.3. The van der Waals surface area contributed by atoms with Gasteiger partial charge < -0.3 is 4.74 Å². The Bertz CT molecular complexity index is 329. The average Bonchev–Trinajstić information content (AvgIpc) is 2.97. The predicted molar refractivity (Wildman–Crippen MR) is 64.1 cm³/mol. The van der Waals surface area contributed by atoms with Gasteiger partial charge in [-0.2, -0.15) is 0 Å². The molecule has 2 rings (SSSR count). The number of rotatable bonds is 5. The molecule has 2 aliphatic carbocycles. The lowest BCUT2D eigenvalue weighted by molar-refractivity contribution is 0.0238.